The van der Waals surface area contributed by atoms with E-state index in [0.717, 1.165) is 0 Å². The highest BCUT2D eigenvalue weighted by atomic mass is 16.5. The van der Waals surface area contributed by atoms with Crippen LogP contribution in [0.1, 0.15) is 6.92 Å². The van der Waals surface area contributed by atoms with E-state index in [1.165, 1.54) is 4.90 Å². The monoisotopic (exact) mass is 170 g/mol. The van der Waals surface area contributed by atoms with Gasteiger partial charge in [0.05, 0.1) is 12.7 Å². The summed E-state index contributed by atoms with van der Waals surface area (Å²) >= 11 is 0. The lowest BCUT2D eigenvalue weighted by Gasteiger charge is -2.17. The minimum Gasteiger partial charge on any atom is -0.383 e. The van der Waals surface area contributed by atoms with Crippen LogP contribution < -0.4 is 0 Å². The van der Waals surface area contributed by atoms with Crippen LogP contribution in [-0.4, -0.2) is 38.1 Å². The quantitative estimate of drug-likeness (QED) is 0.607. The fourth-order valence-electron chi connectivity index (χ4n) is 0.724. The van der Waals surface area contributed by atoms with E-state index < -0.39 is 5.92 Å². The molecule has 0 heterocycles. The number of hydrogen-bond acceptors (Lipinski definition) is 3. The van der Waals surface area contributed by atoms with Gasteiger partial charge in [-0.3, -0.25) is 4.79 Å². The van der Waals surface area contributed by atoms with Crippen LogP contribution in [0.5, 0.6) is 0 Å². The van der Waals surface area contributed by atoms with Crippen LogP contribution in [0.2, 0.25) is 0 Å². The van der Waals surface area contributed by atoms with Crippen molar-refractivity contribution in [2.45, 2.75) is 6.92 Å². The van der Waals surface area contributed by atoms with Crippen LogP contribution in [0.3, 0.4) is 0 Å². The third kappa shape index (κ3) is 3.35. The standard InChI is InChI=1S/C8H14N2O2/c1-7(6-9)8(11)10(2)4-5-12-3/h7H,4-5H2,1-3H3. The Morgan fingerprint density at radius 1 is 1.75 bits per heavy atom. The van der Waals surface area contributed by atoms with Crippen molar-refractivity contribution in [2.75, 3.05) is 27.3 Å². The molecule has 0 aliphatic rings. The smallest absolute Gasteiger partial charge is 0.239 e. The number of nitriles is 1. The lowest BCUT2D eigenvalue weighted by Crippen LogP contribution is -2.33. The average molecular weight is 170 g/mol. The van der Waals surface area contributed by atoms with Gasteiger partial charge in [0.1, 0.15) is 5.92 Å². The first kappa shape index (κ1) is 10.9. The van der Waals surface area contributed by atoms with Crippen LogP contribution in [0.4, 0.5) is 0 Å². The van der Waals surface area contributed by atoms with E-state index in [0.29, 0.717) is 13.2 Å². The summed E-state index contributed by atoms with van der Waals surface area (Å²) in [6, 6.07) is 1.89. The summed E-state index contributed by atoms with van der Waals surface area (Å²) in [7, 11) is 3.24. The molecule has 0 N–H and O–H groups in total. The maximum Gasteiger partial charge on any atom is 0.239 e. The number of hydrogen-bond donors (Lipinski definition) is 0. The largest absolute Gasteiger partial charge is 0.383 e. The molecule has 0 saturated carbocycles. The lowest BCUT2D eigenvalue weighted by atomic mass is 10.2. The molecule has 0 aromatic carbocycles. The van der Waals surface area contributed by atoms with Gasteiger partial charge in [-0.2, -0.15) is 5.26 Å². The second kappa shape index (κ2) is 5.56. The SMILES string of the molecule is COCCN(C)C(=O)C(C)C#N. The molecular formula is C8H14N2O2. The molecule has 4 heteroatoms. The van der Waals surface area contributed by atoms with Crippen LogP contribution in [0.15, 0.2) is 0 Å². The highest BCUT2D eigenvalue weighted by Gasteiger charge is 2.15. The third-order valence-electron chi connectivity index (χ3n) is 1.57. The van der Waals surface area contributed by atoms with Gasteiger partial charge in [0.2, 0.25) is 5.91 Å². The summed E-state index contributed by atoms with van der Waals surface area (Å²) in [6.45, 7) is 2.62. The Kier molecular flexibility index (Phi) is 5.06. The predicted octanol–water partition coefficient (Wildman–Crippen LogP) is 0.251. The molecule has 0 aromatic heterocycles. The summed E-state index contributed by atoms with van der Waals surface area (Å²) in [6.07, 6.45) is 0. The van der Waals surface area contributed by atoms with Gasteiger partial charge < -0.3 is 9.64 Å². The molecule has 0 bridgehead atoms. The summed E-state index contributed by atoms with van der Waals surface area (Å²) < 4.78 is 4.80. The van der Waals surface area contributed by atoms with Gasteiger partial charge in [-0.15, -0.1) is 0 Å². The molecule has 0 aromatic rings. The van der Waals surface area contributed by atoms with Gasteiger partial charge in [-0.25, -0.2) is 0 Å². The van der Waals surface area contributed by atoms with E-state index in [9.17, 15) is 4.79 Å². The molecule has 0 aliphatic heterocycles. The molecule has 0 radical (unpaired) electrons. The van der Waals surface area contributed by atoms with E-state index in [4.69, 9.17) is 10.00 Å². The van der Waals surface area contributed by atoms with Gasteiger partial charge in [0, 0.05) is 20.7 Å². The zero-order valence-corrected chi connectivity index (χ0v) is 7.70. The Bertz CT molecular complexity index is 186. The van der Waals surface area contributed by atoms with Crippen LogP contribution >= 0.6 is 0 Å². The predicted molar refractivity (Wildman–Crippen MR) is 44.3 cm³/mol. The maximum atomic E-state index is 11.2. The minimum atomic E-state index is -0.563. The van der Waals surface area contributed by atoms with Crippen molar-refractivity contribution < 1.29 is 9.53 Å². The van der Waals surface area contributed by atoms with E-state index in [1.54, 1.807) is 21.1 Å². The first-order valence-corrected chi connectivity index (χ1v) is 3.77. The lowest BCUT2D eigenvalue weighted by molar-refractivity contribution is -0.132. The molecule has 0 aliphatic carbocycles. The Morgan fingerprint density at radius 2 is 2.33 bits per heavy atom. The number of amides is 1. The van der Waals surface area contributed by atoms with Crippen molar-refractivity contribution in [1.29, 1.82) is 5.26 Å². The van der Waals surface area contributed by atoms with E-state index >= 15 is 0 Å². The third-order valence-corrected chi connectivity index (χ3v) is 1.57. The number of nitrogens with zero attached hydrogens (tertiary/aromatic N) is 2. The van der Waals surface area contributed by atoms with Gasteiger partial charge in [-0.05, 0) is 6.92 Å². The van der Waals surface area contributed by atoms with Crippen molar-refractivity contribution in [1.82, 2.24) is 4.90 Å². The number of likely N-dealkylation sites (N-methyl/N-ethyl adjacent to an activating group) is 1. The average Bonchev–Trinajstić information content (AvgIpc) is 2.11. The summed E-state index contributed by atoms with van der Waals surface area (Å²) in [5.74, 6) is -0.721. The normalized spacial score (nSPS) is 11.8. The topological polar surface area (TPSA) is 53.3 Å². The van der Waals surface area contributed by atoms with Crippen molar-refractivity contribution in [2.24, 2.45) is 5.92 Å². The Labute approximate surface area is 72.7 Å². The maximum absolute atomic E-state index is 11.2. The van der Waals surface area contributed by atoms with Crippen molar-refractivity contribution in [3.63, 3.8) is 0 Å². The first-order valence-electron chi connectivity index (χ1n) is 3.77. The Hall–Kier alpha value is -1.08. The van der Waals surface area contributed by atoms with Crippen LogP contribution in [0, 0.1) is 17.2 Å². The fourth-order valence-corrected chi connectivity index (χ4v) is 0.724. The molecule has 0 rings (SSSR count). The van der Waals surface area contributed by atoms with E-state index in [2.05, 4.69) is 0 Å². The summed E-state index contributed by atoms with van der Waals surface area (Å²) in [5, 5.41) is 8.45. The summed E-state index contributed by atoms with van der Waals surface area (Å²) in [4.78, 5) is 12.7. The molecular weight excluding hydrogens is 156 g/mol. The van der Waals surface area contributed by atoms with Crippen LogP contribution in [-0.2, 0) is 9.53 Å². The summed E-state index contributed by atoms with van der Waals surface area (Å²) in [5.41, 5.74) is 0. The van der Waals surface area contributed by atoms with Crippen molar-refractivity contribution >= 4 is 5.91 Å². The molecule has 0 spiro atoms. The van der Waals surface area contributed by atoms with E-state index in [-0.39, 0.29) is 5.91 Å². The van der Waals surface area contributed by atoms with Crippen molar-refractivity contribution in [3.8, 4) is 6.07 Å². The van der Waals surface area contributed by atoms with Crippen molar-refractivity contribution in [3.05, 3.63) is 0 Å². The zero-order valence-electron chi connectivity index (χ0n) is 7.70. The van der Waals surface area contributed by atoms with E-state index in [1.807, 2.05) is 6.07 Å². The van der Waals surface area contributed by atoms with Gasteiger partial charge >= 0.3 is 0 Å². The highest BCUT2D eigenvalue weighted by molar-refractivity contribution is 5.80. The molecule has 1 unspecified atom stereocenters. The molecule has 1 amide bonds. The number of carbonyl (C=O) groups is 1. The number of rotatable bonds is 4. The number of ether oxygens (including phenoxy) is 1. The zero-order chi connectivity index (χ0) is 9.56. The molecule has 1 atom stereocenters. The highest BCUT2D eigenvalue weighted by Crippen LogP contribution is 1.97. The molecule has 12 heavy (non-hydrogen) atoms. The Morgan fingerprint density at radius 3 is 2.75 bits per heavy atom. The number of carbonyl (C=O) groups excluding carboxylic acids is 1. The molecule has 0 fully saturated rings. The van der Waals surface area contributed by atoms with Gasteiger partial charge in [0.15, 0.2) is 0 Å². The molecule has 68 valence electrons. The molecule has 4 nitrogen and oxygen atoms in total. The number of methoxy groups -OCH3 is 1. The second-order valence-electron chi connectivity index (χ2n) is 2.60. The first-order chi connectivity index (χ1) is 5.63. The van der Waals surface area contributed by atoms with Gasteiger partial charge in [0.25, 0.3) is 0 Å². The minimum absolute atomic E-state index is 0.158. The van der Waals surface area contributed by atoms with Crippen LogP contribution in [0.25, 0.3) is 0 Å². The fraction of sp³-hybridized carbons (Fsp3) is 0.750. The Balaban J connectivity index is 3.86. The molecule has 0 saturated heterocycles. The second-order valence-corrected chi connectivity index (χ2v) is 2.60. The van der Waals surface area contributed by atoms with Gasteiger partial charge in [-0.1, -0.05) is 0 Å².